The summed E-state index contributed by atoms with van der Waals surface area (Å²) in [6.07, 6.45) is -5.41. The molecular weight excluding hydrogens is 497 g/mol. The Morgan fingerprint density at radius 1 is 1.35 bits per heavy atom. The molecule has 2 aromatic heterocycles. The third-order valence-corrected chi connectivity index (χ3v) is 6.79. The van der Waals surface area contributed by atoms with Crippen LogP contribution < -0.4 is 10.6 Å². The number of aliphatic hydroxyl groups is 1. The summed E-state index contributed by atoms with van der Waals surface area (Å²) in [5.74, 6) is -0.532. The molecule has 1 aliphatic heterocycles. The molecular formula is C20H18BrF3N4O2S. The van der Waals surface area contributed by atoms with Crippen LogP contribution in [0.5, 0.6) is 0 Å². The molecule has 1 aromatic carbocycles. The number of nitrogens with zero attached hydrogens (tertiary/aromatic N) is 2. The minimum atomic E-state index is -4.53. The lowest BCUT2D eigenvalue weighted by Crippen LogP contribution is -2.35. The summed E-state index contributed by atoms with van der Waals surface area (Å²) in [4.78, 5) is 13.5. The fourth-order valence-electron chi connectivity index (χ4n) is 3.45. The molecule has 1 aliphatic rings. The molecule has 3 N–H and O–H groups in total. The van der Waals surface area contributed by atoms with Crippen LogP contribution in [-0.2, 0) is 0 Å². The van der Waals surface area contributed by atoms with Crippen molar-refractivity contribution in [3.8, 4) is 0 Å². The first-order valence-corrected chi connectivity index (χ1v) is 11.1. The number of halogens is 4. The van der Waals surface area contributed by atoms with Gasteiger partial charge in [-0.1, -0.05) is 18.2 Å². The Morgan fingerprint density at radius 3 is 2.65 bits per heavy atom. The van der Waals surface area contributed by atoms with Crippen molar-refractivity contribution in [1.29, 1.82) is 0 Å². The maximum Gasteiger partial charge on any atom is 0.410 e. The normalized spacial score (nSPS) is 19.4. The first kappa shape index (κ1) is 21.8. The highest BCUT2D eigenvalue weighted by Gasteiger charge is 2.48. The second-order valence-electron chi connectivity index (χ2n) is 7.21. The molecule has 3 atom stereocenters. The Hall–Kier alpha value is -2.37. The van der Waals surface area contributed by atoms with Gasteiger partial charge in [0.1, 0.15) is 5.82 Å². The van der Waals surface area contributed by atoms with Crippen LogP contribution in [0.4, 0.5) is 24.7 Å². The summed E-state index contributed by atoms with van der Waals surface area (Å²) >= 11 is 4.63. The standard InChI is InChI=1S/C20H18BrF3N4O2S/c1-10(29)11-4-6-12(7-5-11)25-19(30)17-16(21)18-26-13(14-3-2-8-31-14)9-15(20(22,23)24)28(18)27-17/h2-8,10,13,15,26,29H,9H2,1H3,(H,25,30)/t10-,13-,15+/m1/s1. The molecule has 6 nitrogen and oxygen atoms in total. The van der Waals surface area contributed by atoms with Gasteiger partial charge in [0.05, 0.1) is 16.6 Å². The molecule has 0 spiro atoms. The number of hydrogen-bond donors (Lipinski definition) is 3. The van der Waals surface area contributed by atoms with E-state index in [1.165, 1.54) is 11.3 Å². The van der Waals surface area contributed by atoms with Crippen molar-refractivity contribution in [2.45, 2.75) is 37.7 Å². The molecule has 0 saturated carbocycles. The average molecular weight is 515 g/mol. The predicted octanol–water partition coefficient (Wildman–Crippen LogP) is 5.67. The maximum atomic E-state index is 13.8. The lowest BCUT2D eigenvalue weighted by atomic mass is 10.0. The molecule has 1 amide bonds. The number of aliphatic hydroxyl groups excluding tert-OH is 1. The Bertz CT molecular complexity index is 1080. The summed E-state index contributed by atoms with van der Waals surface area (Å²) in [6.45, 7) is 1.62. The molecule has 0 saturated heterocycles. The Balaban J connectivity index is 1.64. The number of amides is 1. The van der Waals surface area contributed by atoms with Crippen molar-refractivity contribution in [2.75, 3.05) is 10.6 Å². The van der Waals surface area contributed by atoms with Gasteiger partial charge in [0.2, 0.25) is 0 Å². The first-order valence-electron chi connectivity index (χ1n) is 9.39. The quantitative estimate of drug-likeness (QED) is 0.418. The number of aromatic nitrogens is 2. The number of carbonyl (C=O) groups excluding carboxylic acids is 1. The molecule has 164 valence electrons. The number of fused-ring (bicyclic) bond motifs is 1. The van der Waals surface area contributed by atoms with Crippen molar-refractivity contribution in [3.63, 3.8) is 0 Å². The number of hydrogen-bond acceptors (Lipinski definition) is 5. The summed E-state index contributed by atoms with van der Waals surface area (Å²) in [7, 11) is 0. The highest BCUT2D eigenvalue weighted by Crippen LogP contribution is 2.46. The van der Waals surface area contributed by atoms with Crippen molar-refractivity contribution in [3.05, 3.63) is 62.4 Å². The number of carbonyl (C=O) groups is 1. The van der Waals surface area contributed by atoms with E-state index >= 15 is 0 Å². The van der Waals surface area contributed by atoms with Crippen LogP contribution in [0.2, 0.25) is 0 Å². The second-order valence-corrected chi connectivity index (χ2v) is 8.99. The molecule has 0 unspecified atom stereocenters. The van der Waals surface area contributed by atoms with Gasteiger partial charge in [0.25, 0.3) is 5.91 Å². The van der Waals surface area contributed by atoms with Gasteiger partial charge in [0, 0.05) is 17.0 Å². The van der Waals surface area contributed by atoms with E-state index in [1.54, 1.807) is 43.3 Å². The van der Waals surface area contributed by atoms with E-state index in [9.17, 15) is 23.1 Å². The van der Waals surface area contributed by atoms with Crippen LogP contribution in [0.25, 0.3) is 0 Å². The zero-order valence-corrected chi connectivity index (χ0v) is 18.6. The molecule has 3 aromatic rings. The van der Waals surface area contributed by atoms with E-state index in [1.807, 2.05) is 5.38 Å². The Kier molecular flexibility index (Phi) is 5.84. The third-order valence-electron chi connectivity index (χ3n) is 5.05. The van der Waals surface area contributed by atoms with Crippen LogP contribution in [0.3, 0.4) is 0 Å². The highest BCUT2D eigenvalue weighted by atomic mass is 79.9. The Morgan fingerprint density at radius 2 is 2.06 bits per heavy atom. The topological polar surface area (TPSA) is 79.2 Å². The Labute approximate surface area is 188 Å². The predicted molar refractivity (Wildman–Crippen MR) is 115 cm³/mol. The average Bonchev–Trinajstić information content (AvgIpc) is 3.35. The minimum absolute atomic E-state index is 0.113. The number of nitrogens with one attached hydrogen (secondary N) is 2. The smallest absolute Gasteiger partial charge is 0.389 e. The molecule has 0 aliphatic carbocycles. The largest absolute Gasteiger partial charge is 0.410 e. The van der Waals surface area contributed by atoms with E-state index in [2.05, 4.69) is 31.7 Å². The fourth-order valence-corrected chi connectivity index (χ4v) is 4.79. The van der Waals surface area contributed by atoms with Crippen molar-refractivity contribution >= 4 is 44.7 Å². The number of alkyl halides is 3. The number of thiophene rings is 1. The summed E-state index contributed by atoms with van der Waals surface area (Å²) in [5, 5.41) is 21.1. The lowest BCUT2D eigenvalue weighted by molar-refractivity contribution is -0.173. The fraction of sp³-hybridized carbons (Fsp3) is 0.300. The number of rotatable bonds is 4. The second kappa shape index (κ2) is 8.29. The summed E-state index contributed by atoms with van der Waals surface area (Å²) < 4.78 is 42.4. The van der Waals surface area contributed by atoms with Crippen molar-refractivity contribution in [1.82, 2.24) is 9.78 Å². The van der Waals surface area contributed by atoms with Gasteiger partial charge in [-0.2, -0.15) is 18.3 Å². The van der Waals surface area contributed by atoms with Crippen LogP contribution in [0, 0.1) is 0 Å². The molecule has 0 bridgehead atoms. The zero-order chi connectivity index (χ0) is 22.3. The van der Waals surface area contributed by atoms with Gasteiger partial charge in [0.15, 0.2) is 11.7 Å². The summed E-state index contributed by atoms with van der Waals surface area (Å²) in [6, 6.07) is 7.67. The lowest BCUT2D eigenvalue weighted by Gasteiger charge is -2.33. The SMILES string of the molecule is C[C@@H](O)c1ccc(NC(=O)c2nn3c(c2Br)N[C@@H](c2cccs2)C[C@H]3C(F)(F)F)cc1. The van der Waals surface area contributed by atoms with Crippen LogP contribution >= 0.6 is 27.3 Å². The summed E-state index contributed by atoms with van der Waals surface area (Å²) in [5.41, 5.74) is 0.959. The monoisotopic (exact) mass is 514 g/mol. The van der Waals surface area contributed by atoms with E-state index in [0.717, 1.165) is 9.56 Å². The van der Waals surface area contributed by atoms with Gasteiger partial charge in [-0.15, -0.1) is 11.3 Å². The first-order chi connectivity index (χ1) is 14.6. The third kappa shape index (κ3) is 4.35. The number of benzene rings is 1. The van der Waals surface area contributed by atoms with Gasteiger partial charge in [-0.25, -0.2) is 4.68 Å². The molecule has 31 heavy (non-hydrogen) atoms. The molecule has 3 heterocycles. The number of anilines is 2. The van der Waals surface area contributed by atoms with Crippen molar-refractivity contribution in [2.24, 2.45) is 0 Å². The maximum absolute atomic E-state index is 13.8. The molecule has 11 heteroatoms. The van der Waals surface area contributed by atoms with E-state index in [4.69, 9.17) is 0 Å². The van der Waals surface area contributed by atoms with Crippen LogP contribution in [-0.4, -0.2) is 27.0 Å². The van der Waals surface area contributed by atoms with Crippen LogP contribution in [0.1, 0.15) is 52.5 Å². The van der Waals surface area contributed by atoms with Gasteiger partial charge >= 0.3 is 6.18 Å². The van der Waals surface area contributed by atoms with Gasteiger partial charge < -0.3 is 15.7 Å². The molecule has 0 radical (unpaired) electrons. The highest BCUT2D eigenvalue weighted by molar-refractivity contribution is 9.10. The van der Waals surface area contributed by atoms with Gasteiger partial charge in [-0.05, 0) is 52.0 Å². The van der Waals surface area contributed by atoms with Gasteiger partial charge in [-0.3, -0.25) is 4.79 Å². The minimum Gasteiger partial charge on any atom is -0.389 e. The van der Waals surface area contributed by atoms with E-state index in [0.29, 0.717) is 11.3 Å². The van der Waals surface area contributed by atoms with E-state index in [-0.39, 0.29) is 22.4 Å². The van der Waals surface area contributed by atoms with Crippen LogP contribution in [0.15, 0.2) is 46.3 Å². The van der Waals surface area contributed by atoms with Crippen molar-refractivity contribution < 1.29 is 23.1 Å². The zero-order valence-electron chi connectivity index (χ0n) is 16.2. The molecule has 4 rings (SSSR count). The van der Waals surface area contributed by atoms with E-state index < -0.39 is 30.3 Å². The molecule has 0 fully saturated rings.